The summed E-state index contributed by atoms with van der Waals surface area (Å²) in [7, 11) is 1.25. The van der Waals surface area contributed by atoms with Crippen molar-refractivity contribution in [1.82, 2.24) is 0 Å². The smallest absolute Gasteiger partial charge is 0.194 e. The molecule has 1 heterocycles. The van der Waals surface area contributed by atoms with Crippen molar-refractivity contribution in [2.75, 3.05) is 7.11 Å². The molecule has 1 aromatic carbocycles. The van der Waals surface area contributed by atoms with Crippen molar-refractivity contribution < 1.29 is 28.9 Å². The van der Waals surface area contributed by atoms with E-state index in [2.05, 4.69) is 0 Å². The number of aryl methyl sites for hydroxylation is 1. The Labute approximate surface area is 115 Å². The first kappa shape index (κ1) is 15.1. The molecule has 5 nitrogen and oxygen atoms in total. The van der Waals surface area contributed by atoms with Crippen molar-refractivity contribution in [2.45, 2.75) is 37.7 Å². The largest absolute Gasteiger partial charge is 0.385 e. The second-order valence-corrected chi connectivity index (χ2v) is 4.76. The number of Topliss-reactive ketones (excluding diaryl/α,β-unsaturated/α-hetero) is 1. The first-order valence-corrected chi connectivity index (χ1v) is 6.25. The number of ether oxygens (including phenoxy) is 2. The van der Waals surface area contributed by atoms with Crippen LogP contribution >= 0.6 is 0 Å². The Balaban J connectivity index is 2.18. The zero-order chi connectivity index (χ0) is 14.9. The highest BCUT2D eigenvalue weighted by Gasteiger charge is 2.49. The lowest BCUT2D eigenvalue weighted by molar-refractivity contribution is -0.159. The molecule has 0 radical (unpaired) electrons. The first-order chi connectivity index (χ1) is 9.47. The predicted molar refractivity (Wildman–Crippen MR) is 68.1 cm³/mol. The van der Waals surface area contributed by atoms with Gasteiger partial charge in [0.15, 0.2) is 18.2 Å². The molecule has 0 bridgehead atoms. The number of hydrogen-bond acceptors (Lipinski definition) is 5. The second-order valence-electron chi connectivity index (χ2n) is 4.76. The SMILES string of the molecule is COC1O[C@H](C(O)C(=O)c2ccccc2C)[C@@H](F)[C@H]1O. The lowest BCUT2D eigenvalue weighted by atomic mass is 9.96. The maximum atomic E-state index is 13.9. The lowest BCUT2D eigenvalue weighted by Crippen LogP contribution is -2.41. The second kappa shape index (κ2) is 5.97. The number of benzene rings is 1. The van der Waals surface area contributed by atoms with Crippen molar-refractivity contribution >= 4 is 5.78 Å². The summed E-state index contributed by atoms with van der Waals surface area (Å²) < 4.78 is 23.7. The van der Waals surface area contributed by atoms with Gasteiger partial charge in [0, 0.05) is 12.7 Å². The maximum absolute atomic E-state index is 13.9. The number of aliphatic hydroxyl groups is 2. The fraction of sp³-hybridized carbons (Fsp3) is 0.500. The van der Waals surface area contributed by atoms with Gasteiger partial charge in [0.2, 0.25) is 0 Å². The fourth-order valence-corrected chi connectivity index (χ4v) is 2.26. The summed E-state index contributed by atoms with van der Waals surface area (Å²) in [4.78, 5) is 12.2. The highest BCUT2D eigenvalue weighted by molar-refractivity contribution is 6.01. The van der Waals surface area contributed by atoms with Crippen LogP contribution in [-0.2, 0) is 9.47 Å². The molecule has 0 spiro atoms. The minimum atomic E-state index is -1.89. The standard InChI is InChI=1S/C14H17FO5/c1-7-5-3-4-6-8(7)10(16)12(18)13-9(15)11(17)14(19-2)20-13/h3-6,9,11-14,17-18H,1-2H3/t9-,11+,12?,13-,14?/m0/s1. The minimum Gasteiger partial charge on any atom is -0.385 e. The van der Waals surface area contributed by atoms with Gasteiger partial charge in [-0.3, -0.25) is 4.79 Å². The molecule has 1 fully saturated rings. The van der Waals surface area contributed by atoms with Crippen molar-refractivity contribution in [3.8, 4) is 0 Å². The van der Waals surface area contributed by atoms with E-state index in [4.69, 9.17) is 9.47 Å². The lowest BCUT2D eigenvalue weighted by Gasteiger charge is -2.19. The van der Waals surface area contributed by atoms with Gasteiger partial charge in [-0.15, -0.1) is 0 Å². The van der Waals surface area contributed by atoms with Gasteiger partial charge in [-0.25, -0.2) is 4.39 Å². The summed E-state index contributed by atoms with van der Waals surface area (Å²) in [6.45, 7) is 1.72. The number of methoxy groups -OCH3 is 1. The molecule has 5 atom stereocenters. The average molecular weight is 284 g/mol. The monoisotopic (exact) mass is 284 g/mol. The first-order valence-electron chi connectivity index (χ1n) is 6.25. The molecule has 2 rings (SSSR count). The van der Waals surface area contributed by atoms with Crippen molar-refractivity contribution in [2.24, 2.45) is 0 Å². The zero-order valence-corrected chi connectivity index (χ0v) is 11.2. The fourth-order valence-electron chi connectivity index (χ4n) is 2.26. The van der Waals surface area contributed by atoms with Gasteiger partial charge in [0.05, 0.1) is 0 Å². The molecule has 0 amide bonds. The van der Waals surface area contributed by atoms with E-state index in [1.807, 2.05) is 0 Å². The highest BCUT2D eigenvalue weighted by Crippen LogP contribution is 2.28. The Kier molecular flexibility index (Phi) is 4.49. The molecule has 110 valence electrons. The third kappa shape index (κ3) is 2.60. The molecule has 6 heteroatoms. The summed E-state index contributed by atoms with van der Waals surface area (Å²) in [6.07, 6.45) is -7.73. The average Bonchev–Trinajstić information content (AvgIpc) is 2.74. The van der Waals surface area contributed by atoms with E-state index in [0.717, 1.165) is 0 Å². The van der Waals surface area contributed by atoms with Crippen LogP contribution in [0.2, 0.25) is 0 Å². The van der Waals surface area contributed by atoms with E-state index in [0.29, 0.717) is 11.1 Å². The number of carbonyl (C=O) groups is 1. The predicted octanol–water partition coefficient (Wildman–Crippen LogP) is 0.609. The molecule has 0 aliphatic carbocycles. The Morgan fingerprint density at radius 2 is 2.10 bits per heavy atom. The van der Waals surface area contributed by atoms with Crippen LogP contribution in [0, 0.1) is 6.92 Å². The topological polar surface area (TPSA) is 76.0 Å². The number of rotatable bonds is 4. The van der Waals surface area contributed by atoms with Crippen LogP contribution in [0.3, 0.4) is 0 Å². The van der Waals surface area contributed by atoms with Gasteiger partial charge in [0.1, 0.15) is 18.3 Å². The Morgan fingerprint density at radius 1 is 1.45 bits per heavy atom. The molecule has 1 aromatic rings. The van der Waals surface area contributed by atoms with Gasteiger partial charge in [0.25, 0.3) is 0 Å². The number of aliphatic hydroxyl groups excluding tert-OH is 2. The van der Waals surface area contributed by atoms with Gasteiger partial charge >= 0.3 is 0 Å². The van der Waals surface area contributed by atoms with Crippen LogP contribution in [0.4, 0.5) is 4.39 Å². The Hall–Kier alpha value is -1.34. The summed E-state index contributed by atoms with van der Waals surface area (Å²) in [5.74, 6) is -0.639. The molecule has 2 unspecified atom stereocenters. The van der Waals surface area contributed by atoms with Gasteiger partial charge in [-0.2, -0.15) is 0 Å². The molecule has 2 N–H and O–H groups in total. The van der Waals surface area contributed by atoms with Crippen LogP contribution < -0.4 is 0 Å². The zero-order valence-electron chi connectivity index (χ0n) is 11.2. The van der Waals surface area contributed by atoms with Crippen molar-refractivity contribution in [3.63, 3.8) is 0 Å². The minimum absolute atomic E-state index is 0.297. The van der Waals surface area contributed by atoms with Crippen molar-refractivity contribution in [3.05, 3.63) is 35.4 Å². The summed E-state index contributed by atoms with van der Waals surface area (Å²) >= 11 is 0. The van der Waals surface area contributed by atoms with Crippen LogP contribution in [0.25, 0.3) is 0 Å². The number of carbonyl (C=O) groups excluding carboxylic acids is 1. The number of hydrogen-bond donors (Lipinski definition) is 2. The van der Waals surface area contributed by atoms with E-state index in [1.165, 1.54) is 7.11 Å². The van der Waals surface area contributed by atoms with Gasteiger partial charge < -0.3 is 19.7 Å². The number of halogens is 1. The molecular weight excluding hydrogens is 267 g/mol. The highest BCUT2D eigenvalue weighted by atomic mass is 19.1. The molecule has 20 heavy (non-hydrogen) atoms. The molecule has 1 saturated heterocycles. The van der Waals surface area contributed by atoms with E-state index in [-0.39, 0.29) is 0 Å². The molecule has 1 aliphatic rings. The molecule has 1 aliphatic heterocycles. The summed E-state index contributed by atoms with van der Waals surface area (Å²) in [5.41, 5.74) is 0.972. The Bertz CT molecular complexity index is 492. The normalized spacial score (nSPS) is 31.2. The van der Waals surface area contributed by atoms with E-state index in [1.54, 1.807) is 31.2 Å². The van der Waals surface area contributed by atoms with Gasteiger partial charge in [-0.05, 0) is 12.5 Å². The molecule has 0 aromatic heterocycles. The van der Waals surface area contributed by atoms with Crippen LogP contribution in [-0.4, -0.2) is 53.9 Å². The maximum Gasteiger partial charge on any atom is 0.194 e. The van der Waals surface area contributed by atoms with Gasteiger partial charge in [-0.1, -0.05) is 24.3 Å². The number of ketones is 1. The Morgan fingerprint density at radius 3 is 2.65 bits per heavy atom. The van der Waals surface area contributed by atoms with Crippen molar-refractivity contribution in [1.29, 1.82) is 0 Å². The van der Waals surface area contributed by atoms with Crippen LogP contribution in [0.1, 0.15) is 15.9 Å². The summed E-state index contributed by atoms with van der Waals surface area (Å²) in [6, 6.07) is 6.68. The third-order valence-electron chi connectivity index (χ3n) is 3.43. The molecule has 0 saturated carbocycles. The van der Waals surface area contributed by atoms with E-state index in [9.17, 15) is 19.4 Å². The summed E-state index contributed by atoms with van der Waals surface area (Å²) in [5, 5.41) is 19.6. The van der Waals surface area contributed by atoms with E-state index >= 15 is 0 Å². The third-order valence-corrected chi connectivity index (χ3v) is 3.43. The van der Waals surface area contributed by atoms with Crippen LogP contribution in [0.15, 0.2) is 24.3 Å². The molecular formula is C14H17FO5. The van der Waals surface area contributed by atoms with E-state index < -0.39 is 36.6 Å². The van der Waals surface area contributed by atoms with Crippen LogP contribution in [0.5, 0.6) is 0 Å². The quantitative estimate of drug-likeness (QED) is 0.792. The number of alkyl halides is 1.